The van der Waals surface area contributed by atoms with Gasteiger partial charge in [-0.3, -0.25) is 4.79 Å². The molecule has 0 saturated carbocycles. The average molecular weight is 261 g/mol. The topological polar surface area (TPSA) is 68.3 Å². The van der Waals surface area contributed by atoms with Crippen LogP contribution >= 0.6 is 12.4 Å². The molecule has 0 aliphatic heterocycles. The van der Waals surface area contributed by atoms with Gasteiger partial charge in [-0.05, 0) is 25.8 Å². The van der Waals surface area contributed by atoms with Crippen molar-refractivity contribution in [3.05, 3.63) is 23.7 Å². The average Bonchev–Trinajstić information content (AvgIpc) is 2.77. The van der Waals surface area contributed by atoms with Crippen LogP contribution in [0.2, 0.25) is 0 Å². The van der Waals surface area contributed by atoms with Crippen LogP contribution in [0.25, 0.3) is 0 Å². The fourth-order valence-corrected chi connectivity index (χ4v) is 1.38. The van der Waals surface area contributed by atoms with E-state index in [0.717, 1.165) is 12.8 Å². The van der Waals surface area contributed by atoms with Gasteiger partial charge in [0.2, 0.25) is 0 Å². The molecule has 0 fully saturated rings. The summed E-state index contributed by atoms with van der Waals surface area (Å²) < 4.78 is 5.13. The van der Waals surface area contributed by atoms with Gasteiger partial charge in [0, 0.05) is 5.54 Å². The molecule has 0 aliphatic rings. The molecule has 1 heterocycles. The molecule has 0 unspecified atom stereocenters. The summed E-state index contributed by atoms with van der Waals surface area (Å²) in [5, 5.41) is 3.01. The second kappa shape index (κ2) is 6.67. The highest BCUT2D eigenvalue weighted by Gasteiger charge is 2.23. The molecule has 0 bridgehead atoms. The van der Waals surface area contributed by atoms with Crippen molar-refractivity contribution in [3.63, 3.8) is 0 Å². The zero-order chi connectivity index (χ0) is 12.2. The molecule has 1 aromatic heterocycles. The summed E-state index contributed by atoms with van der Waals surface area (Å²) in [6.45, 7) is 6.47. The van der Waals surface area contributed by atoms with Gasteiger partial charge in [-0.15, -0.1) is 12.4 Å². The number of hydrogen-bond donors (Lipinski definition) is 2. The Balaban J connectivity index is 0.00000256. The van der Waals surface area contributed by atoms with Crippen LogP contribution in [0.3, 0.4) is 0 Å². The molecule has 1 amide bonds. The van der Waals surface area contributed by atoms with Gasteiger partial charge < -0.3 is 15.5 Å². The largest absolute Gasteiger partial charge is 0.467 e. The Labute approximate surface area is 108 Å². The number of halogens is 1. The molecule has 4 nitrogen and oxygen atoms in total. The summed E-state index contributed by atoms with van der Waals surface area (Å²) in [6.07, 6.45) is 3.25. The van der Waals surface area contributed by atoms with Crippen LogP contribution < -0.4 is 11.1 Å². The van der Waals surface area contributed by atoms with Gasteiger partial charge in [-0.1, -0.05) is 13.8 Å². The molecule has 0 aromatic carbocycles. The fraction of sp³-hybridized carbons (Fsp3) is 0.583. The number of nitrogens with one attached hydrogen (secondary N) is 1. The second-order valence-corrected chi connectivity index (χ2v) is 4.23. The first kappa shape index (κ1) is 16.0. The molecule has 98 valence electrons. The monoisotopic (exact) mass is 260 g/mol. The van der Waals surface area contributed by atoms with Crippen LogP contribution in [0.1, 0.15) is 49.7 Å². The predicted octanol–water partition coefficient (Wildman–Crippen LogP) is 2.47. The number of carbonyl (C=O) groups is 1. The molecule has 1 rings (SSSR count). The quantitative estimate of drug-likeness (QED) is 0.855. The Morgan fingerprint density at radius 3 is 2.47 bits per heavy atom. The van der Waals surface area contributed by atoms with E-state index in [1.807, 2.05) is 6.92 Å². The second-order valence-electron chi connectivity index (χ2n) is 4.23. The lowest BCUT2D eigenvalue weighted by molar-refractivity contribution is 0.0900. The molecule has 17 heavy (non-hydrogen) atoms. The first-order valence-corrected chi connectivity index (χ1v) is 5.64. The number of rotatable bonds is 5. The molecule has 1 aromatic rings. The minimum atomic E-state index is -0.156. The standard InChI is InChI=1S/C12H20N2O2.ClH/c1-4-12(3,5-2)14-11(15)9-6-10(7-13)16-8-9;/h6,8H,4-5,7,13H2,1-3H3,(H,14,15);1H. The van der Waals surface area contributed by atoms with Crippen LogP contribution in [-0.4, -0.2) is 11.4 Å². The molecule has 3 N–H and O–H groups in total. The number of amides is 1. The maximum Gasteiger partial charge on any atom is 0.254 e. The van der Waals surface area contributed by atoms with E-state index in [1.54, 1.807) is 6.07 Å². The Morgan fingerprint density at radius 1 is 1.47 bits per heavy atom. The van der Waals surface area contributed by atoms with E-state index in [4.69, 9.17) is 10.2 Å². The summed E-state index contributed by atoms with van der Waals surface area (Å²) in [5.74, 6) is 0.523. The highest BCUT2D eigenvalue weighted by molar-refractivity contribution is 5.94. The van der Waals surface area contributed by atoms with Crippen molar-refractivity contribution >= 4 is 18.3 Å². The molecular weight excluding hydrogens is 240 g/mol. The molecule has 0 radical (unpaired) electrons. The third-order valence-electron chi connectivity index (χ3n) is 3.09. The summed E-state index contributed by atoms with van der Waals surface area (Å²) >= 11 is 0. The van der Waals surface area contributed by atoms with Crippen molar-refractivity contribution in [2.45, 2.75) is 45.7 Å². The SMILES string of the molecule is CCC(C)(CC)NC(=O)c1coc(CN)c1.Cl. The molecule has 0 aliphatic carbocycles. The van der Waals surface area contributed by atoms with Crippen molar-refractivity contribution in [2.75, 3.05) is 0 Å². The normalized spacial score (nSPS) is 10.8. The summed E-state index contributed by atoms with van der Waals surface area (Å²) in [6, 6.07) is 1.68. The van der Waals surface area contributed by atoms with Crippen LogP contribution in [0.5, 0.6) is 0 Å². The molecule has 0 atom stereocenters. The Bertz CT molecular complexity index is 359. The maximum absolute atomic E-state index is 11.9. The van der Waals surface area contributed by atoms with E-state index in [9.17, 15) is 4.79 Å². The Hall–Kier alpha value is -1.00. The van der Waals surface area contributed by atoms with Gasteiger partial charge in [0.1, 0.15) is 12.0 Å². The van der Waals surface area contributed by atoms with E-state index < -0.39 is 0 Å². The van der Waals surface area contributed by atoms with Crippen LogP contribution in [0.15, 0.2) is 16.7 Å². The smallest absolute Gasteiger partial charge is 0.254 e. The van der Waals surface area contributed by atoms with Gasteiger partial charge in [-0.25, -0.2) is 0 Å². The van der Waals surface area contributed by atoms with Crippen molar-refractivity contribution in [3.8, 4) is 0 Å². The Kier molecular flexibility index (Phi) is 6.27. The minimum absolute atomic E-state index is 0. The van der Waals surface area contributed by atoms with E-state index >= 15 is 0 Å². The van der Waals surface area contributed by atoms with Crippen molar-refractivity contribution in [1.29, 1.82) is 0 Å². The number of furan rings is 1. The lowest BCUT2D eigenvalue weighted by atomic mass is 9.95. The summed E-state index contributed by atoms with van der Waals surface area (Å²) in [5.41, 5.74) is 5.80. The third-order valence-corrected chi connectivity index (χ3v) is 3.09. The van der Waals surface area contributed by atoms with Crippen LogP contribution in [0.4, 0.5) is 0 Å². The van der Waals surface area contributed by atoms with Gasteiger partial charge in [0.05, 0.1) is 12.1 Å². The molecule has 0 spiro atoms. The summed E-state index contributed by atoms with van der Waals surface area (Å²) in [7, 11) is 0. The maximum atomic E-state index is 11.9. The number of nitrogens with two attached hydrogens (primary N) is 1. The lowest BCUT2D eigenvalue weighted by Crippen LogP contribution is -2.44. The highest BCUT2D eigenvalue weighted by atomic mass is 35.5. The van der Waals surface area contributed by atoms with Crippen LogP contribution in [0, 0.1) is 0 Å². The molecule has 0 saturated heterocycles. The lowest BCUT2D eigenvalue weighted by Gasteiger charge is -2.27. The minimum Gasteiger partial charge on any atom is -0.467 e. The molecular formula is C12H21ClN2O2. The van der Waals surface area contributed by atoms with E-state index in [1.165, 1.54) is 6.26 Å². The van der Waals surface area contributed by atoms with Crippen molar-refractivity contribution < 1.29 is 9.21 Å². The first-order valence-electron chi connectivity index (χ1n) is 5.64. The Morgan fingerprint density at radius 2 is 2.06 bits per heavy atom. The van der Waals surface area contributed by atoms with Gasteiger partial charge >= 0.3 is 0 Å². The highest BCUT2D eigenvalue weighted by Crippen LogP contribution is 2.15. The van der Waals surface area contributed by atoms with Crippen LogP contribution in [-0.2, 0) is 6.54 Å². The molecule has 5 heteroatoms. The van der Waals surface area contributed by atoms with E-state index in [-0.39, 0.29) is 23.9 Å². The zero-order valence-corrected chi connectivity index (χ0v) is 11.4. The van der Waals surface area contributed by atoms with Gasteiger partial charge in [0.15, 0.2) is 0 Å². The predicted molar refractivity (Wildman–Crippen MR) is 70.3 cm³/mol. The van der Waals surface area contributed by atoms with E-state index in [2.05, 4.69) is 19.2 Å². The summed E-state index contributed by atoms with van der Waals surface area (Å²) in [4.78, 5) is 11.9. The first-order chi connectivity index (χ1) is 7.54. The van der Waals surface area contributed by atoms with Gasteiger partial charge in [0.25, 0.3) is 5.91 Å². The fourth-order valence-electron chi connectivity index (χ4n) is 1.38. The third kappa shape index (κ3) is 4.06. The van der Waals surface area contributed by atoms with Crippen molar-refractivity contribution in [2.24, 2.45) is 5.73 Å². The number of carbonyl (C=O) groups excluding carboxylic acids is 1. The van der Waals surface area contributed by atoms with Crippen molar-refractivity contribution in [1.82, 2.24) is 5.32 Å². The van der Waals surface area contributed by atoms with E-state index in [0.29, 0.717) is 17.9 Å². The van der Waals surface area contributed by atoms with Gasteiger partial charge in [-0.2, -0.15) is 0 Å². The zero-order valence-electron chi connectivity index (χ0n) is 10.6. The number of hydrogen-bond acceptors (Lipinski definition) is 3.